The highest BCUT2D eigenvalue weighted by molar-refractivity contribution is 7.99. The molecule has 5 nitrogen and oxygen atoms in total. The molecule has 5 aliphatic rings. The van der Waals surface area contributed by atoms with E-state index in [9.17, 15) is 0 Å². The van der Waals surface area contributed by atoms with E-state index in [1.54, 1.807) is 0 Å². The summed E-state index contributed by atoms with van der Waals surface area (Å²) in [5.74, 6) is 5.15. The lowest BCUT2D eigenvalue weighted by molar-refractivity contribution is -0.0874. The Kier molecular flexibility index (Phi) is 2.94. The maximum absolute atomic E-state index is 4.63. The van der Waals surface area contributed by atoms with Crippen LogP contribution in [0.1, 0.15) is 50.8 Å². The predicted octanol–water partition coefficient (Wildman–Crippen LogP) is 2.12. The summed E-state index contributed by atoms with van der Waals surface area (Å²) in [5, 5.41) is 17.3. The first-order valence-corrected chi connectivity index (χ1v) is 9.93. The summed E-state index contributed by atoms with van der Waals surface area (Å²) in [6.45, 7) is 1.95. The zero-order valence-electron chi connectivity index (χ0n) is 13.3. The number of hydrogen-bond donors (Lipinski definition) is 1. The summed E-state index contributed by atoms with van der Waals surface area (Å²) in [7, 11) is 0. The van der Waals surface area contributed by atoms with Gasteiger partial charge in [0.05, 0.1) is 5.54 Å². The molecule has 0 amide bonds. The van der Waals surface area contributed by atoms with Crippen LogP contribution in [0.4, 0.5) is 0 Å². The lowest BCUT2D eigenvalue weighted by Gasteiger charge is -2.62. The van der Waals surface area contributed by atoms with Crippen molar-refractivity contribution in [2.45, 2.75) is 69.0 Å². The first kappa shape index (κ1) is 13.8. The third kappa shape index (κ3) is 2.06. The van der Waals surface area contributed by atoms with Crippen LogP contribution in [0, 0.1) is 18.8 Å². The number of nitrogens with one attached hydrogen (secondary N) is 1. The maximum atomic E-state index is 4.63. The fourth-order valence-electron chi connectivity index (χ4n) is 6.18. The summed E-state index contributed by atoms with van der Waals surface area (Å²) in [6, 6.07) is 0.726. The average molecular weight is 319 g/mol. The summed E-state index contributed by atoms with van der Waals surface area (Å²) in [4.78, 5) is 2.00. The Balaban J connectivity index is 1.48. The maximum Gasteiger partial charge on any atom is 0.171 e. The van der Waals surface area contributed by atoms with E-state index >= 15 is 0 Å². The van der Waals surface area contributed by atoms with E-state index in [2.05, 4.69) is 32.5 Å². The number of rotatable bonds is 3. The zero-order chi connectivity index (χ0) is 14.8. The van der Waals surface area contributed by atoms with Gasteiger partial charge in [-0.25, -0.2) is 0 Å². The molecule has 22 heavy (non-hydrogen) atoms. The second-order valence-electron chi connectivity index (χ2n) is 8.30. The topological polar surface area (TPSA) is 55.6 Å². The van der Waals surface area contributed by atoms with E-state index in [1.807, 2.05) is 11.7 Å². The number of nitrogens with zero attached hydrogens (tertiary/aromatic N) is 4. The predicted molar refractivity (Wildman–Crippen MR) is 86.8 cm³/mol. The van der Waals surface area contributed by atoms with Gasteiger partial charge in [-0.15, -0.1) is 10.2 Å². The fraction of sp³-hybridized carbons (Fsp3) is 0.938. The molecule has 0 aromatic carbocycles. The molecule has 1 N–H and O–H groups in total. The average Bonchev–Trinajstić information content (AvgIpc) is 3.08. The number of thioether (sulfide) groups is 1. The van der Waals surface area contributed by atoms with Crippen LogP contribution in [0.25, 0.3) is 0 Å². The molecule has 1 aliphatic heterocycles. The van der Waals surface area contributed by atoms with Gasteiger partial charge in [0.1, 0.15) is 0 Å². The van der Waals surface area contributed by atoms with E-state index in [1.165, 1.54) is 56.5 Å². The minimum absolute atomic E-state index is 0.143. The van der Waals surface area contributed by atoms with Gasteiger partial charge in [0.15, 0.2) is 5.82 Å². The monoisotopic (exact) mass is 319 g/mol. The van der Waals surface area contributed by atoms with Crippen LogP contribution >= 0.6 is 11.8 Å². The SMILES string of the molecule is Cc1nnn(C23C[C@@H]4C[C@H](CC(N[C@@H]5CCSC5)(C4)C2)C3)n1. The molecule has 1 saturated heterocycles. The van der Waals surface area contributed by atoms with Gasteiger partial charge in [-0.1, -0.05) is 0 Å². The molecular formula is C16H25N5S. The largest absolute Gasteiger partial charge is 0.308 e. The lowest BCUT2D eigenvalue weighted by Crippen LogP contribution is -2.66. The highest BCUT2D eigenvalue weighted by Crippen LogP contribution is 2.60. The normalized spacial score (nSPS) is 46.5. The van der Waals surface area contributed by atoms with E-state index in [0.29, 0.717) is 5.54 Å². The highest BCUT2D eigenvalue weighted by atomic mass is 32.2. The Morgan fingerprint density at radius 3 is 2.68 bits per heavy atom. The Bertz CT molecular complexity index is 565. The quantitative estimate of drug-likeness (QED) is 0.925. The molecule has 0 unspecified atom stereocenters. The molecular weight excluding hydrogens is 294 g/mol. The standard InChI is InChI=1S/C16H25N5S/c1-11-18-20-21(19-11)16-7-12-4-13(8-16)6-15(5-12,10-16)17-14-2-3-22-9-14/h12-14,17H,2-10H2,1H3/t12-,13-,14-,15?,16?/m1/s1. The summed E-state index contributed by atoms with van der Waals surface area (Å²) in [5.41, 5.74) is 0.491. The molecule has 120 valence electrons. The Morgan fingerprint density at radius 2 is 2.05 bits per heavy atom. The molecule has 5 fully saturated rings. The molecule has 0 spiro atoms. The van der Waals surface area contributed by atoms with Crippen LogP contribution in [0.5, 0.6) is 0 Å². The molecule has 6 heteroatoms. The van der Waals surface area contributed by atoms with Crippen LogP contribution in [0.15, 0.2) is 0 Å². The molecule has 1 aromatic heterocycles. The molecule has 4 saturated carbocycles. The van der Waals surface area contributed by atoms with Crippen LogP contribution < -0.4 is 5.32 Å². The molecule has 3 atom stereocenters. The summed E-state index contributed by atoms with van der Waals surface area (Å²) in [6.07, 6.45) is 9.27. The van der Waals surface area contributed by atoms with Crippen molar-refractivity contribution >= 4 is 11.8 Å². The van der Waals surface area contributed by atoms with Crippen molar-refractivity contribution in [3.05, 3.63) is 5.82 Å². The van der Waals surface area contributed by atoms with Crippen LogP contribution in [-0.4, -0.2) is 43.3 Å². The summed E-state index contributed by atoms with van der Waals surface area (Å²) < 4.78 is 0. The third-order valence-electron chi connectivity index (χ3n) is 6.41. The van der Waals surface area contributed by atoms with Crippen molar-refractivity contribution in [2.75, 3.05) is 11.5 Å². The first-order valence-electron chi connectivity index (χ1n) is 8.77. The van der Waals surface area contributed by atoms with Crippen molar-refractivity contribution < 1.29 is 0 Å². The minimum Gasteiger partial charge on any atom is -0.308 e. The van der Waals surface area contributed by atoms with Gasteiger partial charge in [-0.3, -0.25) is 0 Å². The second kappa shape index (κ2) is 4.69. The molecule has 1 aromatic rings. The summed E-state index contributed by atoms with van der Waals surface area (Å²) >= 11 is 2.11. The molecule has 4 bridgehead atoms. The fourth-order valence-corrected chi connectivity index (χ4v) is 7.34. The van der Waals surface area contributed by atoms with Gasteiger partial charge in [-0.2, -0.15) is 16.6 Å². The zero-order valence-corrected chi connectivity index (χ0v) is 14.1. The Labute approximate surface area is 136 Å². The molecule has 0 radical (unpaired) electrons. The second-order valence-corrected chi connectivity index (χ2v) is 9.45. The van der Waals surface area contributed by atoms with E-state index in [0.717, 1.165) is 23.7 Å². The molecule has 2 heterocycles. The Morgan fingerprint density at radius 1 is 1.23 bits per heavy atom. The number of tetrazole rings is 1. The van der Waals surface area contributed by atoms with Crippen LogP contribution in [0.2, 0.25) is 0 Å². The molecule has 6 rings (SSSR count). The number of aryl methyl sites for hydroxylation is 1. The van der Waals surface area contributed by atoms with Crippen LogP contribution in [-0.2, 0) is 5.54 Å². The van der Waals surface area contributed by atoms with Gasteiger partial charge in [-0.05, 0) is 74.7 Å². The number of aromatic nitrogens is 4. The van der Waals surface area contributed by atoms with Crippen molar-refractivity contribution in [3.63, 3.8) is 0 Å². The first-order chi connectivity index (χ1) is 10.6. The number of hydrogen-bond acceptors (Lipinski definition) is 5. The van der Waals surface area contributed by atoms with Crippen molar-refractivity contribution in [2.24, 2.45) is 11.8 Å². The van der Waals surface area contributed by atoms with E-state index < -0.39 is 0 Å². The lowest BCUT2D eigenvalue weighted by atomic mass is 9.50. The van der Waals surface area contributed by atoms with Crippen LogP contribution in [0.3, 0.4) is 0 Å². The third-order valence-corrected chi connectivity index (χ3v) is 7.57. The highest BCUT2D eigenvalue weighted by Gasteiger charge is 2.60. The van der Waals surface area contributed by atoms with E-state index in [-0.39, 0.29) is 5.54 Å². The van der Waals surface area contributed by atoms with Crippen molar-refractivity contribution in [3.8, 4) is 0 Å². The van der Waals surface area contributed by atoms with Gasteiger partial charge >= 0.3 is 0 Å². The molecule has 4 aliphatic carbocycles. The van der Waals surface area contributed by atoms with Crippen molar-refractivity contribution in [1.82, 2.24) is 25.5 Å². The van der Waals surface area contributed by atoms with Gasteiger partial charge in [0.25, 0.3) is 0 Å². The van der Waals surface area contributed by atoms with Gasteiger partial charge < -0.3 is 5.32 Å². The smallest absolute Gasteiger partial charge is 0.171 e. The Hall–Kier alpha value is -0.620. The minimum atomic E-state index is 0.143. The van der Waals surface area contributed by atoms with E-state index in [4.69, 9.17) is 0 Å². The van der Waals surface area contributed by atoms with Gasteiger partial charge in [0.2, 0.25) is 0 Å². The van der Waals surface area contributed by atoms with Crippen molar-refractivity contribution in [1.29, 1.82) is 0 Å². The van der Waals surface area contributed by atoms with Gasteiger partial charge in [0, 0.05) is 17.3 Å².